The average Bonchev–Trinajstić information content (AvgIpc) is 3.40. The van der Waals surface area contributed by atoms with Crippen molar-refractivity contribution in [3.05, 3.63) is 0 Å². The molecular weight excluding hydrogens is 979 g/mol. The van der Waals surface area contributed by atoms with Crippen LogP contribution in [0.2, 0.25) is 0 Å². The van der Waals surface area contributed by atoms with Gasteiger partial charge in [-0.05, 0) is 12.8 Å². The number of aliphatic hydroxyl groups is 4. The monoisotopic (exact) mass is 1100 g/mol. The smallest absolute Gasteiger partial charge is 0.394 e. The molecule has 0 aliphatic carbocycles. The number of carbonyl (C=O) groups is 1. The van der Waals surface area contributed by atoms with E-state index in [2.05, 4.69) is 23.3 Å². The summed E-state index contributed by atoms with van der Waals surface area (Å²) in [7, 11) is -5.08. The number of aliphatic hydroxyl groups excluding tert-OH is 4. The van der Waals surface area contributed by atoms with E-state index < -0.39 is 59.9 Å². The van der Waals surface area contributed by atoms with Crippen LogP contribution in [-0.2, 0) is 28.9 Å². The predicted molar refractivity (Wildman–Crippen MR) is 315 cm³/mol. The van der Waals surface area contributed by atoms with Crippen LogP contribution in [0.4, 0.5) is 0 Å². The van der Waals surface area contributed by atoms with E-state index >= 15 is 0 Å². The van der Waals surface area contributed by atoms with Crippen LogP contribution in [0, 0.1) is 0 Å². The summed E-state index contributed by atoms with van der Waals surface area (Å²) in [6.07, 6.45) is 55.7. The number of amides is 1. The van der Waals surface area contributed by atoms with Crippen LogP contribution in [0.15, 0.2) is 0 Å². The highest BCUT2D eigenvalue weighted by Gasteiger charge is 2.48. The van der Waals surface area contributed by atoms with Crippen molar-refractivity contribution >= 4 is 16.3 Å². The highest BCUT2D eigenvalue weighted by molar-refractivity contribution is 7.80. The van der Waals surface area contributed by atoms with Gasteiger partial charge in [0.2, 0.25) is 5.91 Å². The Hall–Kier alpha value is -0.900. The van der Waals surface area contributed by atoms with Gasteiger partial charge in [-0.1, -0.05) is 322 Å². The normalized spacial score (nSPS) is 18.9. The molecule has 1 rings (SSSR count). The van der Waals surface area contributed by atoms with Gasteiger partial charge in [0.15, 0.2) is 6.29 Å². The number of hydrogen-bond donors (Lipinski definition) is 6. The first-order valence-corrected chi connectivity index (χ1v) is 34.3. The van der Waals surface area contributed by atoms with Gasteiger partial charge in [0, 0.05) is 6.42 Å². The molecule has 0 bridgehead atoms. The molecule has 0 saturated carbocycles. The van der Waals surface area contributed by atoms with Gasteiger partial charge in [0.05, 0.1) is 25.4 Å². The average molecular weight is 1100 g/mol. The van der Waals surface area contributed by atoms with Gasteiger partial charge in [-0.3, -0.25) is 9.35 Å². The Kier molecular flexibility index (Phi) is 51.4. The zero-order valence-corrected chi connectivity index (χ0v) is 50.4. The van der Waals surface area contributed by atoms with E-state index in [-0.39, 0.29) is 12.5 Å². The second kappa shape index (κ2) is 53.4. The summed E-state index contributed by atoms with van der Waals surface area (Å²) in [5, 5.41) is 45.2. The quantitative estimate of drug-likeness (QED) is 0.0251. The van der Waals surface area contributed by atoms with Gasteiger partial charge in [0.25, 0.3) is 0 Å². The first-order valence-electron chi connectivity index (χ1n) is 32.9. The molecule has 1 saturated heterocycles. The van der Waals surface area contributed by atoms with Crippen LogP contribution >= 0.6 is 0 Å². The van der Waals surface area contributed by atoms with Gasteiger partial charge < -0.3 is 35.2 Å². The van der Waals surface area contributed by atoms with Gasteiger partial charge in [-0.15, -0.1) is 0 Å². The number of nitrogens with one attached hydrogen (secondary N) is 1. The summed E-state index contributed by atoms with van der Waals surface area (Å²) in [5.41, 5.74) is 0. The van der Waals surface area contributed by atoms with E-state index in [1.54, 1.807) is 0 Å². The third-order valence-corrected chi connectivity index (χ3v) is 16.6. The van der Waals surface area contributed by atoms with Crippen LogP contribution in [0.5, 0.6) is 0 Å². The van der Waals surface area contributed by atoms with E-state index in [9.17, 15) is 38.2 Å². The minimum absolute atomic E-state index is 0.221. The standard InChI is InChI=1S/C63H125NO11S/c1-3-5-7-9-11-13-15-17-19-21-22-23-24-25-26-27-28-29-30-31-32-33-34-35-36-37-39-41-43-45-47-49-51-53-59(67)64-56(55-73-63-61(69)62(75-76(70,71)72)60(68)58(54-65)74-63)57(66)52-50-48-46-44-42-40-38-20-18-16-14-12-10-8-6-4-2/h56-58,60-63,65-66,68-69H,3-55H2,1-2H3,(H,64,67)(H,70,71,72). The third-order valence-electron chi connectivity index (χ3n) is 16.2. The lowest BCUT2D eigenvalue weighted by atomic mass is 9.99. The molecule has 1 amide bonds. The Balaban J connectivity index is 2.19. The first-order chi connectivity index (χ1) is 37.0. The van der Waals surface area contributed by atoms with Crippen molar-refractivity contribution in [3.63, 3.8) is 0 Å². The zero-order valence-electron chi connectivity index (χ0n) is 49.6. The van der Waals surface area contributed by atoms with Gasteiger partial charge in [-0.2, -0.15) is 8.42 Å². The lowest BCUT2D eigenvalue weighted by Gasteiger charge is -2.41. The minimum atomic E-state index is -5.08. The fraction of sp³-hybridized carbons (Fsp3) is 0.984. The largest absolute Gasteiger partial charge is 0.397 e. The van der Waals surface area contributed by atoms with E-state index in [0.29, 0.717) is 12.8 Å². The molecule has 0 aromatic heterocycles. The predicted octanol–water partition coefficient (Wildman–Crippen LogP) is 16.4. The van der Waals surface area contributed by atoms with Crippen molar-refractivity contribution < 1.29 is 51.8 Å². The minimum Gasteiger partial charge on any atom is -0.394 e. The van der Waals surface area contributed by atoms with E-state index in [0.717, 1.165) is 51.4 Å². The second-order valence-corrected chi connectivity index (χ2v) is 24.5. The van der Waals surface area contributed by atoms with Gasteiger partial charge >= 0.3 is 10.4 Å². The van der Waals surface area contributed by atoms with Crippen molar-refractivity contribution in [3.8, 4) is 0 Å². The van der Waals surface area contributed by atoms with Crippen LogP contribution in [0.3, 0.4) is 0 Å². The molecule has 1 aliphatic rings. The Labute approximate surface area is 468 Å². The van der Waals surface area contributed by atoms with Crippen LogP contribution in [0.1, 0.15) is 341 Å². The molecule has 1 fully saturated rings. The maximum absolute atomic E-state index is 13.2. The number of carbonyl (C=O) groups excluding carboxylic acids is 1. The second-order valence-electron chi connectivity index (χ2n) is 23.4. The number of rotatable bonds is 59. The fourth-order valence-electron chi connectivity index (χ4n) is 11.1. The fourth-order valence-corrected chi connectivity index (χ4v) is 11.6. The Morgan fingerprint density at radius 3 is 1.05 bits per heavy atom. The van der Waals surface area contributed by atoms with Gasteiger partial charge in [-0.25, -0.2) is 4.18 Å². The highest BCUT2D eigenvalue weighted by Crippen LogP contribution is 2.27. The molecule has 454 valence electrons. The molecule has 0 spiro atoms. The molecular formula is C63H125NO11S. The molecule has 0 aromatic rings. The molecule has 1 aliphatic heterocycles. The summed E-state index contributed by atoms with van der Waals surface area (Å²) in [5.74, 6) is -0.221. The Bertz CT molecular complexity index is 1340. The summed E-state index contributed by atoms with van der Waals surface area (Å²) < 4.78 is 48.0. The van der Waals surface area contributed by atoms with Crippen molar-refractivity contribution in [2.75, 3.05) is 13.2 Å². The van der Waals surface area contributed by atoms with Crippen molar-refractivity contribution in [1.82, 2.24) is 5.32 Å². The van der Waals surface area contributed by atoms with E-state index in [1.807, 2.05) is 0 Å². The van der Waals surface area contributed by atoms with Crippen LogP contribution in [-0.4, -0.2) is 95.4 Å². The van der Waals surface area contributed by atoms with E-state index in [4.69, 9.17) is 9.47 Å². The number of ether oxygens (including phenoxy) is 2. The topological polar surface area (TPSA) is 192 Å². The number of unbranched alkanes of at least 4 members (excludes halogenated alkanes) is 47. The third kappa shape index (κ3) is 44.8. The van der Waals surface area contributed by atoms with Crippen molar-refractivity contribution in [2.45, 2.75) is 384 Å². The molecule has 76 heavy (non-hydrogen) atoms. The SMILES string of the molecule is CCCCCCCCCCCCCCCCCCCCCCCCCCCCCCCCCCCC(=O)NC(COC1OC(CO)C(O)C(OS(=O)(=O)O)C1O)C(O)CCCCCCCCCCCCCCCCCC. The first kappa shape index (κ1) is 73.1. The molecule has 0 aromatic carbocycles. The lowest BCUT2D eigenvalue weighted by Crippen LogP contribution is -2.61. The molecule has 1 heterocycles. The summed E-state index contributed by atoms with van der Waals surface area (Å²) in [4.78, 5) is 13.2. The highest BCUT2D eigenvalue weighted by atomic mass is 32.3. The molecule has 7 unspecified atom stereocenters. The van der Waals surface area contributed by atoms with E-state index in [1.165, 1.54) is 263 Å². The molecule has 7 atom stereocenters. The number of hydrogen-bond acceptors (Lipinski definition) is 10. The van der Waals surface area contributed by atoms with Crippen LogP contribution in [0.25, 0.3) is 0 Å². The molecule has 6 N–H and O–H groups in total. The molecule has 13 heteroatoms. The summed E-state index contributed by atoms with van der Waals surface area (Å²) in [6, 6.07) is -0.853. The summed E-state index contributed by atoms with van der Waals surface area (Å²) in [6.45, 7) is 3.51. The lowest BCUT2D eigenvalue weighted by molar-refractivity contribution is -0.298. The Morgan fingerprint density at radius 2 is 0.763 bits per heavy atom. The van der Waals surface area contributed by atoms with Gasteiger partial charge in [0.1, 0.15) is 24.4 Å². The molecule has 0 radical (unpaired) electrons. The summed E-state index contributed by atoms with van der Waals surface area (Å²) >= 11 is 0. The van der Waals surface area contributed by atoms with Crippen molar-refractivity contribution in [2.24, 2.45) is 0 Å². The zero-order chi connectivity index (χ0) is 55.4. The molecule has 12 nitrogen and oxygen atoms in total. The Morgan fingerprint density at radius 1 is 0.474 bits per heavy atom. The maximum atomic E-state index is 13.2. The van der Waals surface area contributed by atoms with Crippen LogP contribution < -0.4 is 5.32 Å². The van der Waals surface area contributed by atoms with Crippen molar-refractivity contribution in [1.29, 1.82) is 0 Å². The maximum Gasteiger partial charge on any atom is 0.397 e.